The van der Waals surface area contributed by atoms with Crippen LogP contribution in [0.1, 0.15) is 48.0 Å². The van der Waals surface area contributed by atoms with E-state index in [-0.39, 0.29) is 17.9 Å². The van der Waals surface area contributed by atoms with E-state index in [1.54, 1.807) is 4.90 Å². The van der Waals surface area contributed by atoms with E-state index in [4.69, 9.17) is 0 Å². The lowest BCUT2D eigenvalue weighted by atomic mass is 10.1. The van der Waals surface area contributed by atoms with E-state index in [2.05, 4.69) is 10.2 Å². The molecule has 2 saturated heterocycles. The van der Waals surface area contributed by atoms with E-state index in [1.807, 2.05) is 25.1 Å². The van der Waals surface area contributed by atoms with Crippen molar-refractivity contribution in [1.82, 2.24) is 10.2 Å². The normalized spacial score (nSPS) is 24.1. The van der Waals surface area contributed by atoms with Crippen molar-refractivity contribution in [3.05, 3.63) is 29.3 Å². The third kappa shape index (κ3) is 3.71. The summed E-state index contributed by atoms with van der Waals surface area (Å²) < 4.78 is 0. The van der Waals surface area contributed by atoms with Gasteiger partial charge >= 0.3 is 0 Å². The molecule has 5 nitrogen and oxygen atoms in total. The van der Waals surface area contributed by atoms with Crippen LogP contribution < -0.4 is 10.2 Å². The Labute approximate surface area is 149 Å². The first-order valence-electron chi connectivity index (χ1n) is 9.54. The summed E-state index contributed by atoms with van der Waals surface area (Å²) in [6, 6.07) is 6.02. The number of carbonyl (C=O) groups excluding carboxylic acids is 2. The number of amides is 2. The average molecular weight is 341 g/mol. The van der Waals surface area contributed by atoms with Gasteiger partial charge in [0.25, 0.3) is 5.91 Å². The van der Waals surface area contributed by atoms with Crippen molar-refractivity contribution in [1.29, 1.82) is 0 Å². The highest BCUT2D eigenvalue weighted by atomic mass is 16.2. The second kappa shape index (κ2) is 6.79. The second-order valence-electron chi connectivity index (χ2n) is 7.83. The van der Waals surface area contributed by atoms with Crippen LogP contribution in [0.3, 0.4) is 0 Å². The van der Waals surface area contributed by atoms with Gasteiger partial charge in [-0.15, -0.1) is 0 Å². The summed E-state index contributed by atoms with van der Waals surface area (Å²) >= 11 is 0. The maximum atomic E-state index is 12.9. The molecule has 0 unspecified atom stereocenters. The van der Waals surface area contributed by atoms with Crippen LogP contribution in [-0.2, 0) is 4.79 Å². The van der Waals surface area contributed by atoms with Gasteiger partial charge in [-0.05, 0) is 50.7 Å². The lowest BCUT2D eigenvalue weighted by molar-refractivity contribution is -0.117. The van der Waals surface area contributed by atoms with Crippen LogP contribution in [0.15, 0.2) is 18.2 Å². The zero-order valence-electron chi connectivity index (χ0n) is 15.0. The molecule has 1 aromatic carbocycles. The molecular formula is C20H27N3O2. The fourth-order valence-electron chi connectivity index (χ4n) is 4.01. The van der Waals surface area contributed by atoms with Crippen LogP contribution in [0.2, 0.25) is 0 Å². The number of anilines is 1. The van der Waals surface area contributed by atoms with E-state index in [9.17, 15) is 9.59 Å². The lowest BCUT2D eigenvalue weighted by Gasteiger charge is -2.21. The Hall–Kier alpha value is -1.88. The molecule has 25 heavy (non-hydrogen) atoms. The van der Waals surface area contributed by atoms with Crippen LogP contribution in [0.25, 0.3) is 0 Å². The monoisotopic (exact) mass is 341 g/mol. The number of rotatable bonds is 5. The number of hydrogen-bond donors (Lipinski definition) is 1. The highest BCUT2D eigenvalue weighted by Crippen LogP contribution is 2.31. The molecule has 1 N–H and O–H groups in total. The minimum Gasteiger partial charge on any atom is -0.348 e. The molecule has 2 amide bonds. The predicted octanol–water partition coefficient (Wildman–Crippen LogP) is 2.34. The molecule has 1 aliphatic carbocycles. The molecule has 0 radical (unpaired) electrons. The van der Waals surface area contributed by atoms with E-state index < -0.39 is 0 Å². The number of aryl methyl sites for hydroxylation is 1. The Morgan fingerprint density at radius 2 is 2.08 bits per heavy atom. The number of nitrogens with zero attached hydrogens (tertiary/aromatic N) is 2. The summed E-state index contributed by atoms with van der Waals surface area (Å²) in [5.74, 6) is 0.963. The Balaban J connectivity index is 1.46. The maximum Gasteiger partial charge on any atom is 0.253 e. The van der Waals surface area contributed by atoms with Crippen LogP contribution in [0.4, 0.5) is 5.69 Å². The number of benzene rings is 1. The lowest BCUT2D eigenvalue weighted by Crippen LogP contribution is -2.38. The smallest absolute Gasteiger partial charge is 0.253 e. The number of carbonyl (C=O) groups is 2. The van der Waals surface area contributed by atoms with Gasteiger partial charge in [0, 0.05) is 38.6 Å². The summed E-state index contributed by atoms with van der Waals surface area (Å²) in [6.07, 6.45) is 5.19. The fraction of sp³-hybridized carbons (Fsp3) is 0.600. The molecule has 1 saturated carbocycles. The molecule has 0 aromatic heterocycles. The van der Waals surface area contributed by atoms with Crippen LogP contribution in [0.5, 0.6) is 0 Å². The molecule has 1 atom stereocenters. The largest absolute Gasteiger partial charge is 0.348 e. The third-order valence-electron chi connectivity index (χ3n) is 5.58. The van der Waals surface area contributed by atoms with Crippen molar-refractivity contribution in [3.8, 4) is 0 Å². The zero-order valence-corrected chi connectivity index (χ0v) is 15.0. The van der Waals surface area contributed by atoms with Crippen molar-refractivity contribution < 1.29 is 9.59 Å². The number of nitrogens with one attached hydrogen (secondary N) is 1. The Morgan fingerprint density at radius 3 is 2.80 bits per heavy atom. The van der Waals surface area contributed by atoms with Crippen molar-refractivity contribution in [2.24, 2.45) is 5.92 Å². The SMILES string of the molecule is Cc1ccc(N2CCCC2=O)c(C(=O)N[C@@H]2CCN(CC3CC3)C2)c1. The third-order valence-corrected chi connectivity index (χ3v) is 5.58. The topological polar surface area (TPSA) is 52.7 Å². The standard InChI is InChI=1S/C20H27N3O2/c1-14-4-7-18(23-9-2-3-19(23)24)17(11-14)20(25)21-16-8-10-22(13-16)12-15-5-6-15/h4,7,11,15-16H,2-3,5-6,8-10,12-13H2,1H3,(H,21,25)/t16-/m1/s1. The molecular weight excluding hydrogens is 314 g/mol. The zero-order chi connectivity index (χ0) is 17.4. The first-order chi connectivity index (χ1) is 12.1. The number of likely N-dealkylation sites (tertiary alicyclic amines) is 1. The molecule has 2 aliphatic heterocycles. The van der Waals surface area contributed by atoms with Gasteiger partial charge in [-0.3, -0.25) is 9.59 Å². The summed E-state index contributed by atoms with van der Waals surface area (Å²) in [5.41, 5.74) is 2.44. The van der Waals surface area contributed by atoms with E-state index in [0.717, 1.165) is 43.1 Å². The first-order valence-corrected chi connectivity index (χ1v) is 9.54. The van der Waals surface area contributed by atoms with E-state index in [0.29, 0.717) is 18.5 Å². The molecule has 3 fully saturated rings. The summed E-state index contributed by atoms with van der Waals surface area (Å²) in [7, 11) is 0. The maximum absolute atomic E-state index is 12.9. The average Bonchev–Trinajstić information content (AvgIpc) is 3.13. The molecule has 0 spiro atoms. The summed E-state index contributed by atoms with van der Waals surface area (Å²) in [6.45, 7) is 5.91. The Bertz CT molecular complexity index is 684. The number of hydrogen-bond acceptors (Lipinski definition) is 3. The minimum absolute atomic E-state index is 0.0447. The van der Waals surface area contributed by atoms with Gasteiger partial charge in [0.1, 0.15) is 0 Å². The van der Waals surface area contributed by atoms with Gasteiger partial charge in [-0.25, -0.2) is 0 Å². The molecule has 2 heterocycles. The summed E-state index contributed by atoms with van der Waals surface area (Å²) in [5, 5.41) is 3.21. The van der Waals surface area contributed by atoms with Gasteiger partial charge in [0.2, 0.25) is 5.91 Å². The van der Waals surface area contributed by atoms with Crippen molar-refractivity contribution in [3.63, 3.8) is 0 Å². The fourth-order valence-corrected chi connectivity index (χ4v) is 4.01. The van der Waals surface area contributed by atoms with Crippen LogP contribution in [-0.4, -0.2) is 48.9 Å². The highest BCUT2D eigenvalue weighted by molar-refractivity contribution is 6.05. The van der Waals surface area contributed by atoms with Gasteiger partial charge in [-0.2, -0.15) is 0 Å². The minimum atomic E-state index is -0.0447. The molecule has 1 aromatic rings. The second-order valence-corrected chi connectivity index (χ2v) is 7.83. The van der Waals surface area contributed by atoms with Gasteiger partial charge in [0.05, 0.1) is 11.3 Å². The Kier molecular flexibility index (Phi) is 4.50. The molecule has 5 heteroatoms. The van der Waals surface area contributed by atoms with Crippen LogP contribution >= 0.6 is 0 Å². The van der Waals surface area contributed by atoms with Crippen molar-refractivity contribution in [2.45, 2.75) is 45.1 Å². The van der Waals surface area contributed by atoms with Gasteiger partial charge < -0.3 is 15.1 Å². The Morgan fingerprint density at radius 1 is 1.24 bits per heavy atom. The molecule has 3 aliphatic rings. The summed E-state index contributed by atoms with van der Waals surface area (Å²) in [4.78, 5) is 29.3. The highest BCUT2D eigenvalue weighted by Gasteiger charge is 2.31. The van der Waals surface area contributed by atoms with E-state index >= 15 is 0 Å². The van der Waals surface area contributed by atoms with Crippen LogP contribution in [0, 0.1) is 12.8 Å². The van der Waals surface area contributed by atoms with Gasteiger partial charge in [-0.1, -0.05) is 11.6 Å². The molecule has 4 rings (SSSR count). The van der Waals surface area contributed by atoms with Crippen molar-refractivity contribution in [2.75, 3.05) is 31.1 Å². The molecule has 134 valence electrons. The van der Waals surface area contributed by atoms with Gasteiger partial charge in [0.15, 0.2) is 0 Å². The first kappa shape index (κ1) is 16.6. The predicted molar refractivity (Wildman–Crippen MR) is 97.8 cm³/mol. The van der Waals surface area contributed by atoms with E-state index in [1.165, 1.54) is 19.4 Å². The molecule has 0 bridgehead atoms. The quantitative estimate of drug-likeness (QED) is 0.894. The van der Waals surface area contributed by atoms with Crippen molar-refractivity contribution >= 4 is 17.5 Å².